The maximum absolute atomic E-state index is 11.4. The third kappa shape index (κ3) is 3.34. The predicted molar refractivity (Wildman–Crippen MR) is 79.7 cm³/mol. The average Bonchev–Trinajstić information content (AvgIpc) is 2.40. The fourth-order valence-electron chi connectivity index (χ4n) is 1.42. The number of hydrogen-bond donors (Lipinski definition) is 2. The van der Waals surface area contributed by atoms with Gasteiger partial charge in [0.25, 0.3) is 5.56 Å². The van der Waals surface area contributed by atoms with E-state index in [-0.39, 0.29) is 17.2 Å². The number of halogens is 2. The summed E-state index contributed by atoms with van der Waals surface area (Å²) in [6.07, 6.45) is 0. The van der Waals surface area contributed by atoms with Crippen LogP contribution < -0.4 is 11.0 Å². The Balaban J connectivity index is 2.22. The minimum absolute atomic E-state index is 0.157. The average molecular weight is 312 g/mol. The molecule has 2 aromatic rings. The smallest absolute Gasteiger partial charge is 0.274 e. The molecule has 0 radical (unpaired) electrons. The molecule has 0 aliphatic carbocycles. The lowest BCUT2D eigenvalue weighted by atomic mass is 10.1. The summed E-state index contributed by atoms with van der Waals surface area (Å²) in [7, 11) is 0. The largest absolute Gasteiger partial charge is 0.288 e. The number of anilines is 1. The molecule has 20 heavy (non-hydrogen) atoms. The van der Waals surface area contributed by atoms with Crippen molar-refractivity contribution < 1.29 is 0 Å². The number of aromatic amines is 1. The van der Waals surface area contributed by atoms with Gasteiger partial charge in [0, 0.05) is 10.6 Å². The standard InChI is InChI=1S/C12H11Cl2N5O/c1-6(9-4-3-8(13)5-10(9)14)16-18-12-15-11(20)7(2)17-19-12/h3-5H,1-2H3,(H2,15,18,19,20)/b16-6+. The molecule has 1 heterocycles. The number of nitrogens with zero attached hydrogens (tertiary/aromatic N) is 3. The zero-order valence-corrected chi connectivity index (χ0v) is 12.2. The number of nitrogens with one attached hydrogen (secondary N) is 2. The van der Waals surface area contributed by atoms with E-state index in [0.29, 0.717) is 15.8 Å². The third-order valence-corrected chi connectivity index (χ3v) is 3.06. The van der Waals surface area contributed by atoms with Crippen molar-refractivity contribution in [3.63, 3.8) is 0 Å². The molecule has 6 nitrogen and oxygen atoms in total. The van der Waals surface area contributed by atoms with E-state index in [1.807, 2.05) is 0 Å². The fraction of sp³-hybridized carbons (Fsp3) is 0.167. The minimum Gasteiger partial charge on any atom is -0.288 e. The van der Waals surface area contributed by atoms with Crippen molar-refractivity contribution >= 4 is 34.9 Å². The van der Waals surface area contributed by atoms with Crippen molar-refractivity contribution in [3.8, 4) is 0 Å². The second-order valence-electron chi connectivity index (χ2n) is 4.02. The molecule has 0 amide bonds. The lowest BCUT2D eigenvalue weighted by Crippen LogP contribution is -2.16. The van der Waals surface area contributed by atoms with Crippen LogP contribution in [-0.4, -0.2) is 20.9 Å². The maximum atomic E-state index is 11.4. The van der Waals surface area contributed by atoms with Gasteiger partial charge < -0.3 is 0 Å². The van der Waals surface area contributed by atoms with Gasteiger partial charge in [-0.3, -0.25) is 9.78 Å². The van der Waals surface area contributed by atoms with Gasteiger partial charge in [0.15, 0.2) is 0 Å². The molecule has 1 aromatic carbocycles. The highest BCUT2D eigenvalue weighted by molar-refractivity contribution is 6.37. The van der Waals surface area contributed by atoms with Crippen LogP contribution in [-0.2, 0) is 0 Å². The van der Waals surface area contributed by atoms with Gasteiger partial charge in [0.05, 0.1) is 10.7 Å². The van der Waals surface area contributed by atoms with Crippen molar-refractivity contribution in [3.05, 3.63) is 49.9 Å². The Bertz CT molecular complexity index is 726. The molecule has 0 unspecified atom stereocenters. The van der Waals surface area contributed by atoms with Crippen LogP contribution in [0.1, 0.15) is 18.2 Å². The van der Waals surface area contributed by atoms with Gasteiger partial charge in [-0.15, -0.1) is 10.2 Å². The molecule has 0 spiro atoms. The van der Waals surface area contributed by atoms with Gasteiger partial charge in [-0.1, -0.05) is 29.3 Å². The summed E-state index contributed by atoms with van der Waals surface area (Å²) < 4.78 is 0. The van der Waals surface area contributed by atoms with Crippen LogP contribution in [0.5, 0.6) is 0 Å². The van der Waals surface area contributed by atoms with Crippen molar-refractivity contribution in [2.75, 3.05) is 5.43 Å². The molecule has 8 heteroatoms. The van der Waals surface area contributed by atoms with E-state index in [2.05, 4.69) is 25.7 Å². The quantitative estimate of drug-likeness (QED) is 0.674. The molecule has 0 atom stereocenters. The molecule has 0 saturated heterocycles. The normalized spacial score (nSPS) is 11.5. The zero-order chi connectivity index (χ0) is 14.7. The van der Waals surface area contributed by atoms with Crippen LogP contribution in [0, 0.1) is 6.92 Å². The summed E-state index contributed by atoms with van der Waals surface area (Å²) in [5.41, 5.74) is 3.94. The Morgan fingerprint density at radius 2 is 2.10 bits per heavy atom. The first-order valence-electron chi connectivity index (χ1n) is 5.66. The minimum atomic E-state index is -0.320. The van der Waals surface area contributed by atoms with Gasteiger partial charge in [-0.2, -0.15) is 5.10 Å². The molecule has 1 aromatic heterocycles. The van der Waals surface area contributed by atoms with E-state index < -0.39 is 0 Å². The Hall–Kier alpha value is -1.92. The van der Waals surface area contributed by atoms with Crippen LogP contribution in [0.25, 0.3) is 0 Å². The highest BCUT2D eigenvalue weighted by atomic mass is 35.5. The Labute approximate surface area is 124 Å². The van der Waals surface area contributed by atoms with Gasteiger partial charge in [0.1, 0.15) is 5.69 Å². The second-order valence-corrected chi connectivity index (χ2v) is 4.86. The Morgan fingerprint density at radius 3 is 2.75 bits per heavy atom. The number of hydrogen-bond acceptors (Lipinski definition) is 5. The molecule has 0 bridgehead atoms. The number of H-pyrrole nitrogens is 1. The van der Waals surface area contributed by atoms with Gasteiger partial charge in [-0.05, 0) is 26.0 Å². The van der Waals surface area contributed by atoms with Crippen LogP contribution in [0.15, 0.2) is 28.1 Å². The number of benzene rings is 1. The topological polar surface area (TPSA) is 83.0 Å². The summed E-state index contributed by atoms with van der Waals surface area (Å²) in [6.45, 7) is 3.33. The van der Waals surface area contributed by atoms with Crippen LogP contribution >= 0.6 is 23.2 Å². The van der Waals surface area contributed by atoms with E-state index in [1.54, 1.807) is 32.0 Å². The number of rotatable bonds is 3. The van der Waals surface area contributed by atoms with Gasteiger partial charge in [-0.25, -0.2) is 5.43 Å². The molecule has 0 fully saturated rings. The van der Waals surface area contributed by atoms with Crippen molar-refractivity contribution in [1.29, 1.82) is 0 Å². The SMILES string of the molecule is C/C(=N\Nc1nnc(C)c(=O)[nH]1)c1ccc(Cl)cc1Cl. The van der Waals surface area contributed by atoms with Crippen LogP contribution in [0.2, 0.25) is 10.0 Å². The number of aromatic nitrogens is 3. The monoisotopic (exact) mass is 311 g/mol. The summed E-state index contributed by atoms with van der Waals surface area (Å²) in [5, 5.41) is 12.6. The molecule has 0 saturated carbocycles. The van der Waals surface area contributed by atoms with E-state index in [9.17, 15) is 4.79 Å². The lowest BCUT2D eigenvalue weighted by Gasteiger charge is -2.05. The first kappa shape index (κ1) is 14.5. The molecule has 2 N–H and O–H groups in total. The summed E-state index contributed by atoms with van der Waals surface area (Å²) in [5.74, 6) is 0.157. The van der Waals surface area contributed by atoms with Crippen LogP contribution in [0.3, 0.4) is 0 Å². The summed E-state index contributed by atoms with van der Waals surface area (Å²) in [6, 6.07) is 5.11. The molecule has 0 aliphatic heterocycles. The third-order valence-electron chi connectivity index (χ3n) is 2.51. The van der Waals surface area contributed by atoms with E-state index in [0.717, 1.165) is 5.56 Å². The number of hydrazone groups is 1. The molecule has 2 rings (SSSR count). The summed E-state index contributed by atoms with van der Waals surface area (Å²) >= 11 is 11.9. The maximum Gasteiger partial charge on any atom is 0.274 e. The van der Waals surface area contributed by atoms with Gasteiger partial charge >= 0.3 is 0 Å². The lowest BCUT2D eigenvalue weighted by molar-refractivity contribution is 0.897. The fourth-order valence-corrected chi connectivity index (χ4v) is 1.97. The first-order valence-corrected chi connectivity index (χ1v) is 6.42. The van der Waals surface area contributed by atoms with Crippen molar-refractivity contribution in [2.24, 2.45) is 5.10 Å². The zero-order valence-electron chi connectivity index (χ0n) is 10.7. The molecule has 0 aliphatic rings. The van der Waals surface area contributed by atoms with Gasteiger partial charge in [0.2, 0.25) is 5.95 Å². The number of aryl methyl sites for hydroxylation is 1. The van der Waals surface area contributed by atoms with Crippen molar-refractivity contribution in [1.82, 2.24) is 15.2 Å². The van der Waals surface area contributed by atoms with E-state index in [1.165, 1.54) is 0 Å². The highest BCUT2D eigenvalue weighted by Gasteiger charge is 2.05. The summed E-state index contributed by atoms with van der Waals surface area (Å²) in [4.78, 5) is 13.9. The molecular weight excluding hydrogens is 301 g/mol. The second kappa shape index (κ2) is 6.02. The predicted octanol–water partition coefficient (Wildman–Crippen LogP) is 2.62. The van der Waals surface area contributed by atoms with E-state index in [4.69, 9.17) is 23.2 Å². The van der Waals surface area contributed by atoms with Crippen LogP contribution in [0.4, 0.5) is 5.95 Å². The molecular formula is C12H11Cl2N5O. The Morgan fingerprint density at radius 1 is 1.35 bits per heavy atom. The molecule has 104 valence electrons. The Kier molecular flexibility index (Phi) is 4.36. The van der Waals surface area contributed by atoms with Crippen molar-refractivity contribution in [2.45, 2.75) is 13.8 Å². The highest BCUT2D eigenvalue weighted by Crippen LogP contribution is 2.21. The van der Waals surface area contributed by atoms with E-state index >= 15 is 0 Å². The first-order chi connectivity index (χ1) is 9.47.